The molecule has 1 aliphatic carbocycles. The molecule has 3 rings (SSSR count). The monoisotopic (exact) mass is 238 g/mol. The van der Waals surface area contributed by atoms with Crippen LogP contribution in [0.1, 0.15) is 18.1 Å². The van der Waals surface area contributed by atoms with Gasteiger partial charge in [0.2, 0.25) is 0 Å². The van der Waals surface area contributed by atoms with E-state index in [1.165, 1.54) is 22.8 Å². The Kier molecular flexibility index (Phi) is 2.44. The third-order valence-electron chi connectivity index (χ3n) is 3.78. The van der Waals surface area contributed by atoms with Gasteiger partial charge in [-0.15, -0.1) is 0 Å². The fourth-order valence-electron chi connectivity index (χ4n) is 3.16. The molecule has 0 heterocycles. The summed E-state index contributed by atoms with van der Waals surface area (Å²) < 4.78 is 0. The molecule has 0 saturated heterocycles. The third kappa shape index (κ3) is 1.57. The van der Waals surface area contributed by atoms with Crippen LogP contribution in [0.2, 0.25) is 13.1 Å². The van der Waals surface area contributed by atoms with Crippen molar-refractivity contribution in [1.29, 1.82) is 0 Å². The van der Waals surface area contributed by atoms with E-state index in [1.807, 2.05) is 0 Å². The van der Waals surface area contributed by atoms with E-state index < -0.39 is 8.80 Å². The first-order chi connectivity index (χ1) is 8.18. The van der Waals surface area contributed by atoms with Gasteiger partial charge in [-0.2, -0.15) is 0 Å². The number of hydrogen-bond acceptors (Lipinski definition) is 0. The smallest absolute Gasteiger partial charge is 0.0655 e. The Bertz CT molecular complexity index is 620. The summed E-state index contributed by atoms with van der Waals surface area (Å²) in [4.78, 5) is 0. The first-order valence-electron chi connectivity index (χ1n) is 6.39. The van der Waals surface area contributed by atoms with Gasteiger partial charge in [-0.1, -0.05) is 60.3 Å². The van der Waals surface area contributed by atoms with E-state index in [4.69, 9.17) is 0 Å². The van der Waals surface area contributed by atoms with Gasteiger partial charge in [0.25, 0.3) is 0 Å². The largest absolute Gasteiger partial charge is 0.0694 e. The summed E-state index contributed by atoms with van der Waals surface area (Å²) in [6.07, 6.45) is 1.17. The van der Waals surface area contributed by atoms with Crippen molar-refractivity contribution in [2.45, 2.75) is 26.4 Å². The molecule has 0 amide bonds. The zero-order valence-corrected chi connectivity index (χ0v) is 11.9. The maximum absolute atomic E-state index is 2.44. The van der Waals surface area contributed by atoms with Gasteiger partial charge in [0.15, 0.2) is 0 Å². The second-order valence-corrected chi connectivity index (χ2v) is 8.23. The molecule has 0 bridgehead atoms. The van der Waals surface area contributed by atoms with Crippen LogP contribution < -0.4 is 0 Å². The van der Waals surface area contributed by atoms with Crippen LogP contribution in [-0.4, -0.2) is 8.80 Å². The molecule has 86 valence electrons. The molecule has 0 N–H and O–H groups in total. The van der Waals surface area contributed by atoms with Crippen molar-refractivity contribution in [1.82, 2.24) is 0 Å². The lowest BCUT2D eigenvalue weighted by Crippen LogP contribution is -2.05. The molecule has 2 aromatic carbocycles. The lowest BCUT2D eigenvalue weighted by atomic mass is 10.0. The molecule has 1 aliphatic rings. The lowest BCUT2D eigenvalue weighted by molar-refractivity contribution is 1.20. The summed E-state index contributed by atoms with van der Waals surface area (Å²) in [5.74, 6) is 0. The van der Waals surface area contributed by atoms with E-state index in [-0.39, 0.29) is 0 Å². The van der Waals surface area contributed by atoms with Crippen LogP contribution in [0.3, 0.4) is 0 Å². The fraction of sp³-hybridized carbons (Fsp3) is 0.250. The highest BCUT2D eigenvalue weighted by molar-refractivity contribution is 6.77. The van der Waals surface area contributed by atoms with Crippen molar-refractivity contribution in [2.24, 2.45) is 0 Å². The molecule has 0 unspecified atom stereocenters. The molecule has 0 fully saturated rings. The first kappa shape index (κ1) is 10.8. The van der Waals surface area contributed by atoms with Crippen molar-refractivity contribution in [2.75, 3.05) is 0 Å². The average molecular weight is 238 g/mol. The van der Waals surface area contributed by atoms with Crippen molar-refractivity contribution < 1.29 is 0 Å². The Morgan fingerprint density at radius 2 is 1.76 bits per heavy atom. The van der Waals surface area contributed by atoms with Crippen LogP contribution in [0.25, 0.3) is 16.0 Å². The summed E-state index contributed by atoms with van der Waals surface area (Å²) in [7, 11) is -0.746. The van der Waals surface area contributed by atoms with E-state index in [1.54, 1.807) is 16.3 Å². The fourth-order valence-corrected chi connectivity index (χ4v) is 5.16. The number of fused-ring (bicyclic) bond motifs is 3. The molecule has 0 spiro atoms. The molecule has 0 saturated carbocycles. The predicted molar refractivity (Wildman–Crippen MR) is 79.1 cm³/mol. The Morgan fingerprint density at radius 3 is 2.53 bits per heavy atom. The lowest BCUT2D eigenvalue weighted by Gasteiger charge is -2.12. The molecule has 0 aliphatic heterocycles. The topological polar surface area (TPSA) is 0 Å². The first-order valence-corrected chi connectivity index (χ1v) is 9.28. The molecule has 2 aromatic rings. The van der Waals surface area contributed by atoms with Crippen LogP contribution in [0.15, 0.2) is 42.0 Å². The standard InChI is InChI=1S/C16H18Si/c1-11-10-13-9-8-12-6-4-5-7-14(12)15(13)16(11)17(2)3/h4-9,17H,10H2,1-3H3. The van der Waals surface area contributed by atoms with Crippen LogP contribution in [-0.2, 0) is 6.42 Å². The van der Waals surface area contributed by atoms with Crippen LogP contribution in [0.5, 0.6) is 0 Å². The van der Waals surface area contributed by atoms with E-state index in [0.29, 0.717) is 0 Å². The Balaban J connectivity index is 2.37. The van der Waals surface area contributed by atoms with Gasteiger partial charge in [-0.3, -0.25) is 0 Å². The van der Waals surface area contributed by atoms with E-state index in [2.05, 4.69) is 56.4 Å². The Hall–Kier alpha value is -1.34. The molecule has 1 heteroatoms. The van der Waals surface area contributed by atoms with E-state index >= 15 is 0 Å². The van der Waals surface area contributed by atoms with Crippen LogP contribution in [0, 0.1) is 0 Å². The van der Waals surface area contributed by atoms with Crippen molar-refractivity contribution in [3.05, 3.63) is 53.1 Å². The number of rotatable bonds is 1. The minimum absolute atomic E-state index is 0.746. The van der Waals surface area contributed by atoms with Crippen LogP contribution in [0.4, 0.5) is 0 Å². The van der Waals surface area contributed by atoms with Crippen molar-refractivity contribution >= 4 is 24.8 Å². The molecule has 0 aromatic heterocycles. The second-order valence-electron chi connectivity index (χ2n) is 5.35. The Labute approximate surface area is 105 Å². The maximum Gasteiger partial charge on any atom is 0.0655 e. The van der Waals surface area contributed by atoms with Gasteiger partial charge >= 0.3 is 0 Å². The summed E-state index contributed by atoms with van der Waals surface area (Å²) in [5, 5.41) is 4.54. The van der Waals surface area contributed by atoms with Gasteiger partial charge in [-0.05, 0) is 35.2 Å². The van der Waals surface area contributed by atoms with Gasteiger partial charge in [-0.25, -0.2) is 0 Å². The van der Waals surface area contributed by atoms with Crippen molar-refractivity contribution in [3.63, 3.8) is 0 Å². The molecule has 0 radical (unpaired) electrons. The highest BCUT2D eigenvalue weighted by atomic mass is 28.3. The molecule has 0 atom stereocenters. The molecular weight excluding hydrogens is 220 g/mol. The maximum atomic E-state index is 2.44. The normalized spacial score (nSPS) is 14.8. The van der Waals surface area contributed by atoms with Gasteiger partial charge < -0.3 is 0 Å². The second kappa shape index (κ2) is 3.85. The highest BCUT2D eigenvalue weighted by Gasteiger charge is 2.23. The summed E-state index contributed by atoms with van der Waals surface area (Å²) in [5.41, 5.74) is 4.72. The minimum atomic E-state index is -0.746. The van der Waals surface area contributed by atoms with Gasteiger partial charge in [0.05, 0.1) is 8.80 Å². The minimum Gasteiger partial charge on any atom is -0.0694 e. The number of allylic oxidation sites excluding steroid dienone is 1. The van der Waals surface area contributed by atoms with E-state index in [0.717, 1.165) is 0 Å². The zero-order chi connectivity index (χ0) is 12.0. The Morgan fingerprint density at radius 1 is 1.00 bits per heavy atom. The highest BCUT2D eigenvalue weighted by Crippen LogP contribution is 2.38. The van der Waals surface area contributed by atoms with Gasteiger partial charge in [0, 0.05) is 0 Å². The quantitative estimate of drug-likeness (QED) is 0.653. The zero-order valence-electron chi connectivity index (χ0n) is 10.7. The van der Waals surface area contributed by atoms with Crippen LogP contribution >= 0.6 is 0 Å². The summed E-state index contributed by atoms with van der Waals surface area (Å²) in [6, 6.07) is 13.4. The average Bonchev–Trinajstić information content (AvgIpc) is 2.65. The third-order valence-corrected chi connectivity index (χ3v) is 5.71. The number of benzene rings is 2. The van der Waals surface area contributed by atoms with Gasteiger partial charge in [0.1, 0.15) is 0 Å². The SMILES string of the molecule is CC1=C([SiH](C)C)c2c(ccc3ccccc23)C1. The summed E-state index contributed by atoms with van der Waals surface area (Å²) in [6.45, 7) is 7.20. The molecule has 0 nitrogen and oxygen atoms in total. The predicted octanol–water partition coefficient (Wildman–Crippen LogP) is 4.20. The molecule has 17 heavy (non-hydrogen) atoms. The number of hydrogen-bond donors (Lipinski definition) is 0. The van der Waals surface area contributed by atoms with E-state index in [9.17, 15) is 0 Å². The van der Waals surface area contributed by atoms with Crippen molar-refractivity contribution in [3.8, 4) is 0 Å². The molecular formula is C16H18Si. The summed E-state index contributed by atoms with van der Waals surface area (Å²) >= 11 is 0.